The minimum atomic E-state index is -3.74. The number of sulfonamides is 1. The van der Waals surface area contributed by atoms with Gasteiger partial charge in [-0.15, -0.1) is 0 Å². The molecule has 0 fully saturated rings. The molecular formula is C8H11N7O3S. The Bertz CT molecular complexity index is 651. The number of nitrogen functional groups attached to an aromatic ring is 1. The van der Waals surface area contributed by atoms with Gasteiger partial charge in [0.05, 0.1) is 18.9 Å². The smallest absolute Gasteiger partial charge is 0.244 e. The first-order valence-corrected chi connectivity index (χ1v) is 6.57. The summed E-state index contributed by atoms with van der Waals surface area (Å²) in [5, 5.41) is 3.57. The number of hydrogen-bond acceptors (Lipinski definition) is 9. The van der Waals surface area contributed by atoms with Crippen molar-refractivity contribution in [1.29, 1.82) is 0 Å². The SMILES string of the molecule is Cc1nc(CNS(=O)(=O)c2cnc(NN)nc2)no1. The third-order valence-corrected chi connectivity index (χ3v) is 3.41. The van der Waals surface area contributed by atoms with Gasteiger partial charge in [0.25, 0.3) is 0 Å². The summed E-state index contributed by atoms with van der Waals surface area (Å²) in [6, 6.07) is 0. The highest BCUT2D eigenvalue weighted by molar-refractivity contribution is 7.89. The zero-order valence-corrected chi connectivity index (χ0v) is 10.7. The number of rotatable bonds is 5. The number of nitrogens with two attached hydrogens (primary N) is 1. The molecule has 0 saturated heterocycles. The summed E-state index contributed by atoms with van der Waals surface area (Å²) in [4.78, 5) is 11.2. The zero-order chi connectivity index (χ0) is 13.9. The average Bonchev–Trinajstić information content (AvgIpc) is 2.82. The van der Waals surface area contributed by atoms with Crippen molar-refractivity contribution >= 4 is 16.0 Å². The van der Waals surface area contributed by atoms with Crippen LogP contribution in [0.15, 0.2) is 21.8 Å². The molecule has 0 aromatic carbocycles. The van der Waals surface area contributed by atoms with E-state index >= 15 is 0 Å². The van der Waals surface area contributed by atoms with Crippen LogP contribution in [0.5, 0.6) is 0 Å². The van der Waals surface area contributed by atoms with Crippen molar-refractivity contribution in [2.45, 2.75) is 18.4 Å². The van der Waals surface area contributed by atoms with Crippen LogP contribution < -0.4 is 16.0 Å². The van der Waals surface area contributed by atoms with E-state index < -0.39 is 10.0 Å². The lowest BCUT2D eigenvalue weighted by atomic mass is 10.6. The molecule has 10 nitrogen and oxygen atoms in total. The number of nitrogens with one attached hydrogen (secondary N) is 2. The van der Waals surface area contributed by atoms with Crippen LogP contribution in [0, 0.1) is 6.92 Å². The fourth-order valence-electron chi connectivity index (χ4n) is 1.19. The second-order valence-electron chi connectivity index (χ2n) is 3.44. The number of aromatic nitrogens is 4. The van der Waals surface area contributed by atoms with Crippen molar-refractivity contribution in [2.24, 2.45) is 5.84 Å². The molecule has 0 amide bonds. The summed E-state index contributed by atoms with van der Waals surface area (Å²) in [6.07, 6.45) is 2.26. The maximum absolute atomic E-state index is 11.9. The highest BCUT2D eigenvalue weighted by Crippen LogP contribution is 2.07. The molecule has 0 atom stereocenters. The van der Waals surface area contributed by atoms with Crippen molar-refractivity contribution < 1.29 is 12.9 Å². The maximum Gasteiger partial charge on any atom is 0.244 e. The Morgan fingerprint density at radius 1 is 1.37 bits per heavy atom. The van der Waals surface area contributed by atoms with Crippen molar-refractivity contribution in [3.8, 4) is 0 Å². The van der Waals surface area contributed by atoms with E-state index in [4.69, 9.17) is 10.4 Å². The second-order valence-corrected chi connectivity index (χ2v) is 5.21. The van der Waals surface area contributed by atoms with Crippen molar-refractivity contribution in [3.05, 3.63) is 24.1 Å². The molecule has 4 N–H and O–H groups in total. The van der Waals surface area contributed by atoms with Gasteiger partial charge in [-0.05, 0) is 0 Å². The molecule has 0 unspecified atom stereocenters. The van der Waals surface area contributed by atoms with Crippen molar-refractivity contribution in [1.82, 2.24) is 24.8 Å². The minimum Gasteiger partial charge on any atom is -0.340 e. The Balaban J connectivity index is 2.09. The Hall–Kier alpha value is -2.11. The van der Waals surface area contributed by atoms with E-state index in [-0.39, 0.29) is 23.2 Å². The molecule has 0 aliphatic heterocycles. The number of anilines is 1. The molecule has 19 heavy (non-hydrogen) atoms. The molecular weight excluding hydrogens is 274 g/mol. The van der Waals surface area contributed by atoms with E-state index in [0.717, 1.165) is 12.4 Å². The number of hydrogen-bond donors (Lipinski definition) is 3. The van der Waals surface area contributed by atoms with E-state index in [1.54, 1.807) is 6.92 Å². The summed E-state index contributed by atoms with van der Waals surface area (Å²) >= 11 is 0. The molecule has 2 heterocycles. The molecule has 0 saturated carbocycles. The van der Waals surface area contributed by atoms with Crippen LogP contribution in [0.25, 0.3) is 0 Å². The van der Waals surface area contributed by atoms with Crippen LogP contribution in [0.4, 0.5) is 5.95 Å². The van der Waals surface area contributed by atoms with Gasteiger partial charge in [0.1, 0.15) is 4.90 Å². The lowest BCUT2D eigenvalue weighted by Gasteiger charge is -2.04. The van der Waals surface area contributed by atoms with E-state index in [2.05, 4.69) is 30.3 Å². The number of hydrazine groups is 1. The number of aryl methyl sites for hydroxylation is 1. The zero-order valence-electron chi connectivity index (χ0n) is 9.86. The van der Waals surface area contributed by atoms with Gasteiger partial charge in [0.2, 0.25) is 21.9 Å². The highest BCUT2D eigenvalue weighted by atomic mass is 32.2. The normalized spacial score (nSPS) is 11.5. The lowest BCUT2D eigenvalue weighted by Crippen LogP contribution is -2.24. The van der Waals surface area contributed by atoms with Gasteiger partial charge < -0.3 is 4.52 Å². The van der Waals surface area contributed by atoms with Crippen LogP contribution in [-0.2, 0) is 16.6 Å². The Kier molecular flexibility index (Phi) is 3.69. The van der Waals surface area contributed by atoms with Gasteiger partial charge in [0.15, 0.2) is 5.82 Å². The fourth-order valence-corrected chi connectivity index (χ4v) is 2.05. The molecule has 102 valence electrons. The van der Waals surface area contributed by atoms with Crippen molar-refractivity contribution in [3.63, 3.8) is 0 Å². The maximum atomic E-state index is 11.9. The van der Waals surface area contributed by atoms with Gasteiger partial charge in [0, 0.05) is 6.92 Å². The van der Waals surface area contributed by atoms with Gasteiger partial charge in [-0.3, -0.25) is 5.43 Å². The van der Waals surface area contributed by atoms with Gasteiger partial charge >= 0.3 is 0 Å². The predicted octanol–water partition coefficient (Wildman–Crippen LogP) is -1.07. The Labute approximate surface area is 108 Å². The van der Waals surface area contributed by atoms with Crippen LogP contribution in [-0.4, -0.2) is 28.5 Å². The predicted molar refractivity (Wildman–Crippen MR) is 62.9 cm³/mol. The summed E-state index contributed by atoms with van der Waals surface area (Å²) in [5.74, 6) is 5.79. The van der Waals surface area contributed by atoms with Crippen LogP contribution in [0.2, 0.25) is 0 Å². The summed E-state index contributed by atoms with van der Waals surface area (Å²) < 4.78 is 30.8. The molecule has 0 aliphatic carbocycles. The molecule has 0 aliphatic rings. The van der Waals surface area contributed by atoms with Crippen molar-refractivity contribution in [2.75, 3.05) is 5.43 Å². The highest BCUT2D eigenvalue weighted by Gasteiger charge is 2.16. The second kappa shape index (κ2) is 5.26. The third kappa shape index (κ3) is 3.21. The van der Waals surface area contributed by atoms with Crippen LogP contribution in [0.1, 0.15) is 11.7 Å². The molecule has 2 rings (SSSR count). The molecule has 0 spiro atoms. The Morgan fingerprint density at radius 2 is 2.05 bits per heavy atom. The average molecular weight is 285 g/mol. The Morgan fingerprint density at radius 3 is 2.58 bits per heavy atom. The van der Waals surface area contributed by atoms with E-state index in [1.807, 2.05) is 0 Å². The largest absolute Gasteiger partial charge is 0.340 e. The quantitative estimate of drug-likeness (QED) is 0.461. The summed E-state index contributed by atoms with van der Waals surface area (Å²) in [6.45, 7) is 1.52. The molecule has 0 bridgehead atoms. The lowest BCUT2D eigenvalue weighted by molar-refractivity contribution is 0.387. The summed E-state index contributed by atoms with van der Waals surface area (Å²) in [5.41, 5.74) is 2.20. The van der Waals surface area contributed by atoms with E-state index in [9.17, 15) is 8.42 Å². The first-order chi connectivity index (χ1) is 9.01. The number of nitrogens with zero attached hydrogens (tertiary/aromatic N) is 4. The molecule has 2 aromatic heterocycles. The molecule has 0 radical (unpaired) electrons. The summed E-state index contributed by atoms with van der Waals surface area (Å²) in [7, 11) is -3.74. The van der Waals surface area contributed by atoms with Crippen LogP contribution in [0.3, 0.4) is 0 Å². The van der Waals surface area contributed by atoms with Gasteiger partial charge in [-0.25, -0.2) is 29.0 Å². The minimum absolute atomic E-state index is 0.0867. The fraction of sp³-hybridized carbons (Fsp3) is 0.250. The first-order valence-electron chi connectivity index (χ1n) is 5.09. The third-order valence-electron chi connectivity index (χ3n) is 2.06. The van der Waals surface area contributed by atoms with E-state index in [1.165, 1.54) is 0 Å². The van der Waals surface area contributed by atoms with E-state index in [0.29, 0.717) is 5.89 Å². The molecule has 11 heteroatoms. The monoisotopic (exact) mass is 285 g/mol. The standard InChI is InChI=1S/C8H11N7O3S/c1-5-13-7(15-18-5)4-12-19(16,17)6-2-10-8(14-9)11-3-6/h2-3,12H,4,9H2,1H3,(H,10,11,14). The van der Waals surface area contributed by atoms with Crippen LogP contribution >= 0.6 is 0 Å². The topological polar surface area (TPSA) is 149 Å². The molecule has 2 aromatic rings. The van der Waals surface area contributed by atoms with Gasteiger partial charge in [-0.2, -0.15) is 4.98 Å². The first kappa shape index (κ1) is 13.3. The van der Waals surface area contributed by atoms with Gasteiger partial charge in [-0.1, -0.05) is 5.16 Å².